The minimum absolute atomic E-state index is 0.00367. The third-order valence-corrected chi connectivity index (χ3v) is 23.3. The number of rotatable bonds is 11. The first kappa shape index (κ1) is 79.1. The van der Waals surface area contributed by atoms with E-state index in [0.29, 0.717) is 70.9 Å². The van der Waals surface area contributed by atoms with Crippen molar-refractivity contribution in [1.82, 2.24) is 60.0 Å². The van der Waals surface area contributed by atoms with E-state index in [0.717, 1.165) is 59.6 Å². The molecule has 7 fully saturated rings. The summed E-state index contributed by atoms with van der Waals surface area (Å²) < 4.78 is 42.0. The molecule has 11 atom stereocenters. The molecular weight excluding hydrogens is 1290 g/mol. The lowest BCUT2D eigenvalue weighted by Crippen LogP contribution is -2.65. The fraction of sp³-hybridized carbons (Fsp3) is 0.829. The van der Waals surface area contributed by atoms with Crippen LogP contribution in [0.4, 0.5) is 13.2 Å². The zero-order valence-electron chi connectivity index (χ0n) is 59.8. The molecule has 0 radical (unpaired) electrons. The van der Waals surface area contributed by atoms with Crippen LogP contribution in [0.1, 0.15) is 194 Å². The number of likely N-dealkylation sites (N-methyl/N-ethyl adjacent to an activating group) is 7. The van der Waals surface area contributed by atoms with E-state index < -0.39 is 168 Å². The number of nitrogens with zero attached hydrogens (tertiary/aromatic N) is 9. The van der Waals surface area contributed by atoms with E-state index in [4.69, 9.17) is 11.6 Å². The molecule has 28 heteroatoms. The van der Waals surface area contributed by atoms with Gasteiger partial charge in [0.05, 0.1) is 32.0 Å². The van der Waals surface area contributed by atoms with Gasteiger partial charge in [0, 0.05) is 74.3 Å². The van der Waals surface area contributed by atoms with Crippen LogP contribution in [-0.2, 0) is 57.5 Å². The van der Waals surface area contributed by atoms with Gasteiger partial charge < -0.3 is 60.0 Å². The van der Waals surface area contributed by atoms with E-state index in [9.17, 15) is 51.5 Å². The number of halogens is 4. The van der Waals surface area contributed by atoms with Crippen molar-refractivity contribution < 1.29 is 70.7 Å². The Morgan fingerprint density at radius 2 is 1.19 bits per heavy atom. The number of hydrogen-bond donors (Lipinski definition) is 3. The van der Waals surface area contributed by atoms with Crippen LogP contribution in [0.3, 0.4) is 0 Å². The van der Waals surface area contributed by atoms with Crippen LogP contribution in [0, 0.1) is 29.6 Å². The van der Waals surface area contributed by atoms with Gasteiger partial charge in [0.1, 0.15) is 47.8 Å². The molecule has 3 saturated heterocycles. The number of alkyl halides is 4. The predicted octanol–water partition coefficient (Wildman–Crippen LogP) is 5.46. The van der Waals surface area contributed by atoms with Crippen LogP contribution >= 0.6 is 11.6 Å². The molecule has 7 aliphatic rings. The van der Waals surface area contributed by atoms with Crippen LogP contribution in [0.15, 0.2) is 0 Å². The number of fused-ring (bicyclic) bond motifs is 1. The first-order valence-electron chi connectivity index (χ1n) is 36.3. The molecule has 3 unspecified atom stereocenters. The fourth-order valence-corrected chi connectivity index (χ4v) is 16.9. The highest BCUT2D eigenvalue weighted by Gasteiger charge is 2.52. The predicted molar refractivity (Wildman–Crippen MR) is 361 cm³/mol. The molecule has 12 amide bonds. The Kier molecular flexibility index (Phi) is 28.5. The number of carbonyl (C=O) groups is 12. The lowest BCUT2D eigenvalue weighted by molar-refractivity contribution is -0.182. The first-order valence-corrected chi connectivity index (χ1v) is 36.8. The highest BCUT2D eigenvalue weighted by Crippen LogP contribution is 2.44. The maximum Gasteiger partial charge on any atom is 0.393 e. The maximum atomic E-state index is 15.7. The van der Waals surface area contributed by atoms with Crippen LogP contribution < -0.4 is 16.0 Å². The Hall–Kier alpha value is -6.28. The fourth-order valence-electron chi connectivity index (χ4n) is 16.4. The van der Waals surface area contributed by atoms with Crippen LogP contribution in [0.25, 0.3) is 0 Å². The molecule has 4 saturated carbocycles. The van der Waals surface area contributed by atoms with Crippen LogP contribution in [0.2, 0.25) is 0 Å². The highest BCUT2D eigenvalue weighted by molar-refractivity contribution is 6.21. The van der Waals surface area contributed by atoms with Gasteiger partial charge in [-0.3, -0.25) is 57.5 Å². The summed E-state index contributed by atoms with van der Waals surface area (Å²) in [5.74, 6) is -10.3. The second-order valence-corrected chi connectivity index (χ2v) is 30.3. The Bertz CT molecular complexity index is 2850. The lowest BCUT2D eigenvalue weighted by Gasteiger charge is -2.43. The summed E-state index contributed by atoms with van der Waals surface area (Å²) in [6.07, 6.45) is 6.58. The third-order valence-electron chi connectivity index (χ3n) is 22.8. The van der Waals surface area contributed by atoms with Gasteiger partial charge in [0.2, 0.25) is 70.9 Å². The summed E-state index contributed by atoms with van der Waals surface area (Å²) in [4.78, 5) is 190. The Balaban J connectivity index is 1.26. The topological polar surface area (TPSA) is 270 Å². The van der Waals surface area contributed by atoms with Gasteiger partial charge in [-0.1, -0.05) is 91.4 Å². The molecular formula is C70H112ClF3N12O12. The molecule has 98 heavy (non-hydrogen) atoms. The van der Waals surface area contributed by atoms with Crippen LogP contribution in [-0.4, -0.2) is 263 Å². The van der Waals surface area contributed by atoms with Crippen molar-refractivity contribution in [1.29, 1.82) is 0 Å². The van der Waals surface area contributed by atoms with Crippen molar-refractivity contribution in [3.05, 3.63) is 0 Å². The largest absolute Gasteiger partial charge is 0.393 e. The first-order chi connectivity index (χ1) is 46.3. The van der Waals surface area contributed by atoms with Crippen molar-refractivity contribution in [3.8, 4) is 0 Å². The molecule has 3 N–H and O–H groups in total. The van der Waals surface area contributed by atoms with E-state index in [1.54, 1.807) is 11.8 Å². The molecule has 4 aliphatic carbocycles. The van der Waals surface area contributed by atoms with E-state index in [-0.39, 0.29) is 88.5 Å². The maximum absolute atomic E-state index is 15.7. The minimum Gasteiger partial charge on any atom is -0.343 e. The third kappa shape index (κ3) is 19.4. The monoisotopic (exact) mass is 1400 g/mol. The number of amides is 12. The van der Waals surface area contributed by atoms with Gasteiger partial charge in [0.25, 0.3) is 0 Å². The van der Waals surface area contributed by atoms with E-state index in [1.165, 1.54) is 73.8 Å². The van der Waals surface area contributed by atoms with E-state index in [2.05, 4.69) is 16.0 Å². The van der Waals surface area contributed by atoms with Crippen molar-refractivity contribution >= 4 is 82.5 Å². The average molecular weight is 1410 g/mol. The van der Waals surface area contributed by atoms with Gasteiger partial charge in [-0.2, -0.15) is 13.2 Å². The Morgan fingerprint density at radius 3 is 1.81 bits per heavy atom. The van der Waals surface area contributed by atoms with Crippen LogP contribution in [0.5, 0.6) is 0 Å². The lowest BCUT2D eigenvalue weighted by atomic mass is 9.78. The molecule has 24 nitrogen and oxygen atoms in total. The van der Waals surface area contributed by atoms with Gasteiger partial charge in [-0.05, 0) is 120 Å². The molecule has 552 valence electrons. The molecule has 0 aromatic heterocycles. The van der Waals surface area contributed by atoms with Crippen molar-refractivity contribution in [2.45, 2.75) is 254 Å². The standard InChI is InChI=1S/C70H112ClF3N12O12/c1-11-23-51-61(91)76-59(44(3)12-2)66(96)80(6)42-57(89)78(4)43-58(90)82(8)53(39-45-24-16-17-25-45)64(94)79(5)41-55(87)75-50(32-30-46-29-31-48(49(71)38-46)70(72,73)74)63(93)86-37-22-28-52(86)62(92)77-69(33-18-19-34-69)68(98)84(10)60(47-26-14-13-15-27-47)67(97)83(9)54(40-56(88)81(51)7)65(95)85-35-20-21-36-85/h44-54,59-60H,11-43H2,1-10H3,(H,75,87)(H,76,91)(H,77,92)/t44-,46?,48?,49?,50-,51-,52-,53-,54-,59-,60-/m0/s1. The Morgan fingerprint density at radius 1 is 0.582 bits per heavy atom. The van der Waals surface area contributed by atoms with Gasteiger partial charge in [-0.25, -0.2) is 0 Å². The highest BCUT2D eigenvalue weighted by atomic mass is 35.5. The molecule has 1 spiro atoms. The molecule has 0 aromatic carbocycles. The second kappa shape index (κ2) is 35.4. The quantitative estimate of drug-likeness (QED) is 0.218. The van der Waals surface area contributed by atoms with Crippen molar-refractivity contribution in [3.63, 3.8) is 0 Å². The zero-order valence-corrected chi connectivity index (χ0v) is 60.5. The zero-order chi connectivity index (χ0) is 72.1. The average Bonchev–Trinajstić information content (AvgIpc) is 1.43. The summed E-state index contributed by atoms with van der Waals surface area (Å²) in [5.41, 5.74) is -1.54. The number of hydrogen-bond acceptors (Lipinski definition) is 12. The summed E-state index contributed by atoms with van der Waals surface area (Å²) in [5, 5.41) is 7.60. The van der Waals surface area contributed by atoms with Gasteiger partial charge >= 0.3 is 6.18 Å². The van der Waals surface area contributed by atoms with Crippen molar-refractivity contribution in [2.75, 3.05) is 88.6 Å². The number of carbonyl (C=O) groups excluding carboxylic acids is 12. The normalized spacial score (nSPS) is 30.2. The summed E-state index contributed by atoms with van der Waals surface area (Å²) in [6.45, 7) is 4.67. The summed E-state index contributed by atoms with van der Waals surface area (Å²) >= 11 is 6.40. The number of nitrogens with one attached hydrogen (secondary N) is 3. The Labute approximate surface area is 582 Å². The SMILES string of the molecule is CCC[C@H]1C(=O)N[C@@H]([C@@H](C)CC)C(=O)N(C)CC(=O)N(C)CC(=O)N(C)[C@@H](CC2CCCC2)C(=O)N(C)CC(=O)N[C@@H](CCC2CCC(C(F)(F)F)C(Cl)C2)C(=O)N2CCC[C@H]2C(=O)NC2(CCCC2)C(=O)N(C)[C@@H](C2CCCCC2)C(=O)N(C)[C@H](C(=O)N2CCCC2)CC(=O)N1C. The smallest absolute Gasteiger partial charge is 0.343 e. The van der Waals surface area contributed by atoms with E-state index >= 15 is 19.2 Å². The molecule has 0 bridgehead atoms. The van der Waals surface area contributed by atoms with Crippen molar-refractivity contribution in [2.24, 2.45) is 29.6 Å². The summed E-state index contributed by atoms with van der Waals surface area (Å²) in [7, 11) is 10.1. The molecule has 3 aliphatic heterocycles. The van der Waals surface area contributed by atoms with Gasteiger partial charge in [-0.15, -0.1) is 11.6 Å². The number of likely N-dealkylation sites (tertiary alicyclic amines) is 1. The molecule has 7 rings (SSSR count). The molecule has 3 heterocycles. The second-order valence-electron chi connectivity index (χ2n) is 29.7. The van der Waals surface area contributed by atoms with Gasteiger partial charge in [0.15, 0.2) is 0 Å². The van der Waals surface area contributed by atoms with E-state index in [1.807, 2.05) is 13.8 Å². The molecule has 0 aromatic rings. The summed E-state index contributed by atoms with van der Waals surface area (Å²) in [6, 6.07) is -8.44. The minimum atomic E-state index is -4.50.